The highest BCUT2D eigenvalue weighted by Gasteiger charge is 2.22. The SMILES string of the molecule is O=C1NC(=S)NC1=Cc1c(-c2ccccc2)nc2sccn12. The minimum Gasteiger partial charge on any atom is -0.328 e. The fourth-order valence-electron chi connectivity index (χ4n) is 2.37. The van der Waals surface area contributed by atoms with Crippen LogP contribution in [0.2, 0.25) is 0 Å². The quantitative estimate of drug-likeness (QED) is 0.561. The maximum Gasteiger partial charge on any atom is 0.273 e. The van der Waals surface area contributed by atoms with Crippen LogP contribution in [0.1, 0.15) is 5.69 Å². The highest BCUT2D eigenvalue weighted by Crippen LogP contribution is 2.28. The standard InChI is InChI=1S/C15H10N4OS2/c20-13-10(16-14(21)18-13)8-11-12(9-4-2-1-3-5-9)17-15-19(11)6-7-22-15/h1-8H,(H2,16,18,20,21). The molecule has 0 saturated carbocycles. The molecule has 1 aliphatic heterocycles. The Labute approximate surface area is 135 Å². The molecular weight excluding hydrogens is 316 g/mol. The van der Waals surface area contributed by atoms with Gasteiger partial charge in [-0.25, -0.2) is 4.98 Å². The summed E-state index contributed by atoms with van der Waals surface area (Å²) in [5, 5.41) is 7.73. The zero-order valence-electron chi connectivity index (χ0n) is 11.2. The van der Waals surface area contributed by atoms with Crippen molar-refractivity contribution in [1.82, 2.24) is 20.0 Å². The van der Waals surface area contributed by atoms with Crippen LogP contribution >= 0.6 is 23.6 Å². The Kier molecular flexibility index (Phi) is 3.02. The number of thiocarbonyl (C=S) groups is 1. The molecule has 2 aromatic heterocycles. The molecule has 1 aromatic carbocycles. The number of hydrogen-bond donors (Lipinski definition) is 2. The fourth-order valence-corrected chi connectivity index (χ4v) is 3.29. The number of thiazole rings is 1. The smallest absolute Gasteiger partial charge is 0.273 e. The van der Waals surface area contributed by atoms with Crippen LogP contribution in [-0.2, 0) is 4.79 Å². The minimum atomic E-state index is -0.228. The van der Waals surface area contributed by atoms with E-state index >= 15 is 0 Å². The summed E-state index contributed by atoms with van der Waals surface area (Å²) in [6.45, 7) is 0. The van der Waals surface area contributed by atoms with Gasteiger partial charge in [0.25, 0.3) is 5.91 Å². The number of hydrogen-bond acceptors (Lipinski definition) is 4. The van der Waals surface area contributed by atoms with Gasteiger partial charge in [-0.05, 0) is 18.3 Å². The second-order valence-electron chi connectivity index (χ2n) is 4.73. The van der Waals surface area contributed by atoms with E-state index in [-0.39, 0.29) is 5.91 Å². The van der Waals surface area contributed by atoms with Crippen molar-refractivity contribution in [3.05, 3.63) is 53.3 Å². The van der Waals surface area contributed by atoms with Crippen molar-refractivity contribution in [3.63, 3.8) is 0 Å². The van der Waals surface area contributed by atoms with Crippen molar-refractivity contribution in [2.45, 2.75) is 0 Å². The second-order valence-corrected chi connectivity index (χ2v) is 6.01. The number of carbonyl (C=O) groups is 1. The summed E-state index contributed by atoms with van der Waals surface area (Å²) in [5.74, 6) is -0.228. The molecule has 0 aliphatic carbocycles. The first kappa shape index (κ1) is 13.2. The molecule has 108 valence electrons. The third-order valence-electron chi connectivity index (χ3n) is 3.35. The Morgan fingerprint density at radius 3 is 2.77 bits per heavy atom. The van der Waals surface area contributed by atoms with E-state index < -0.39 is 0 Å². The molecule has 7 heteroatoms. The molecule has 1 amide bonds. The van der Waals surface area contributed by atoms with Crippen LogP contribution in [0.3, 0.4) is 0 Å². The first-order chi connectivity index (χ1) is 10.7. The van der Waals surface area contributed by atoms with Crippen molar-refractivity contribution in [1.29, 1.82) is 0 Å². The molecule has 3 aromatic rings. The molecular formula is C15H10N4OS2. The molecule has 0 unspecified atom stereocenters. The molecule has 1 saturated heterocycles. The Hall–Kier alpha value is -2.51. The zero-order valence-corrected chi connectivity index (χ0v) is 12.9. The first-order valence-electron chi connectivity index (χ1n) is 6.57. The summed E-state index contributed by atoms with van der Waals surface area (Å²) in [7, 11) is 0. The third-order valence-corrected chi connectivity index (χ3v) is 4.31. The summed E-state index contributed by atoms with van der Waals surface area (Å²) in [6, 6.07) is 9.90. The van der Waals surface area contributed by atoms with Gasteiger partial charge in [-0.2, -0.15) is 0 Å². The monoisotopic (exact) mass is 326 g/mol. The van der Waals surface area contributed by atoms with E-state index in [1.807, 2.05) is 46.3 Å². The lowest BCUT2D eigenvalue weighted by atomic mass is 10.1. The molecule has 2 N–H and O–H groups in total. The van der Waals surface area contributed by atoms with Crippen LogP contribution in [0.25, 0.3) is 22.3 Å². The zero-order chi connectivity index (χ0) is 15.1. The number of nitrogens with zero attached hydrogens (tertiary/aromatic N) is 2. The highest BCUT2D eigenvalue weighted by atomic mass is 32.1. The summed E-state index contributed by atoms with van der Waals surface area (Å²) in [6.07, 6.45) is 3.72. The molecule has 4 rings (SSSR count). The molecule has 0 spiro atoms. The lowest BCUT2D eigenvalue weighted by Crippen LogP contribution is -2.21. The number of imidazole rings is 1. The fraction of sp³-hybridized carbons (Fsp3) is 0. The molecule has 3 heterocycles. The van der Waals surface area contributed by atoms with E-state index in [2.05, 4.69) is 15.6 Å². The molecule has 0 atom stereocenters. The lowest BCUT2D eigenvalue weighted by molar-refractivity contribution is -0.115. The number of benzene rings is 1. The Morgan fingerprint density at radius 1 is 1.23 bits per heavy atom. The summed E-state index contributed by atoms with van der Waals surface area (Å²) < 4.78 is 1.97. The summed E-state index contributed by atoms with van der Waals surface area (Å²) in [5.41, 5.74) is 3.12. The molecule has 22 heavy (non-hydrogen) atoms. The summed E-state index contributed by atoms with van der Waals surface area (Å²) in [4.78, 5) is 17.4. The number of amides is 1. The van der Waals surface area contributed by atoms with Gasteiger partial charge in [0.2, 0.25) is 0 Å². The molecule has 0 radical (unpaired) electrons. The normalized spacial score (nSPS) is 16.3. The third kappa shape index (κ3) is 2.11. The van der Waals surface area contributed by atoms with E-state index in [0.29, 0.717) is 10.8 Å². The van der Waals surface area contributed by atoms with Crippen molar-refractivity contribution < 1.29 is 4.79 Å². The van der Waals surface area contributed by atoms with E-state index in [1.165, 1.54) is 0 Å². The highest BCUT2D eigenvalue weighted by molar-refractivity contribution is 7.80. The van der Waals surface area contributed by atoms with Crippen LogP contribution < -0.4 is 10.6 Å². The van der Waals surface area contributed by atoms with Gasteiger partial charge in [0.15, 0.2) is 10.1 Å². The van der Waals surface area contributed by atoms with Crippen molar-refractivity contribution in [2.75, 3.05) is 0 Å². The lowest BCUT2D eigenvalue weighted by Gasteiger charge is -2.01. The van der Waals surface area contributed by atoms with Crippen LogP contribution in [-0.4, -0.2) is 20.4 Å². The van der Waals surface area contributed by atoms with Gasteiger partial charge in [-0.3, -0.25) is 14.5 Å². The Morgan fingerprint density at radius 2 is 2.05 bits per heavy atom. The van der Waals surface area contributed by atoms with Crippen LogP contribution in [0, 0.1) is 0 Å². The van der Waals surface area contributed by atoms with Gasteiger partial charge in [0, 0.05) is 17.1 Å². The van der Waals surface area contributed by atoms with Crippen molar-refractivity contribution >= 4 is 45.6 Å². The number of aromatic nitrogens is 2. The number of rotatable bonds is 2. The molecule has 1 aliphatic rings. The Balaban J connectivity index is 1.92. The van der Waals surface area contributed by atoms with Crippen LogP contribution in [0.5, 0.6) is 0 Å². The maximum atomic E-state index is 11.9. The van der Waals surface area contributed by atoms with Gasteiger partial charge in [-0.1, -0.05) is 30.3 Å². The molecule has 5 nitrogen and oxygen atoms in total. The van der Waals surface area contributed by atoms with Crippen molar-refractivity contribution in [3.8, 4) is 11.3 Å². The maximum absolute atomic E-state index is 11.9. The van der Waals surface area contributed by atoms with Gasteiger partial charge in [-0.15, -0.1) is 11.3 Å². The number of fused-ring (bicyclic) bond motifs is 1. The van der Waals surface area contributed by atoms with Crippen LogP contribution in [0.15, 0.2) is 47.6 Å². The average Bonchev–Trinajstić information content (AvgIpc) is 3.17. The van der Waals surface area contributed by atoms with Crippen molar-refractivity contribution in [2.24, 2.45) is 0 Å². The minimum absolute atomic E-state index is 0.228. The predicted molar refractivity (Wildman–Crippen MR) is 90.4 cm³/mol. The largest absolute Gasteiger partial charge is 0.328 e. The molecule has 0 bridgehead atoms. The van der Waals surface area contributed by atoms with Gasteiger partial charge in [0.05, 0.1) is 11.4 Å². The Bertz CT molecular complexity index is 924. The second kappa shape index (κ2) is 5.04. The number of carbonyl (C=O) groups excluding carboxylic acids is 1. The van der Waals surface area contributed by atoms with Gasteiger partial charge in [0.1, 0.15) is 5.70 Å². The van der Waals surface area contributed by atoms with Crippen LogP contribution in [0.4, 0.5) is 0 Å². The first-order valence-corrected chi connectivity index (χ1v) is 7.86. The molecule has 1 fully saturated rings. The van der Waals surface area contributed by atoms with E-state index in [9.17, 15) is 4.79 Å². The van der Waals surface area contributed by atoms with E-state index in [4.69, 9.17) is 12.2 Å². The van der Waals surface area contributed by atoms with Gasteiger partial charge < -0.3 is 5.32 Å². The average molecular weight is 326 g/mol. The number of nitrogens with one attached hydrogen (secondary N) is 2. The van der Waals surface area contributed by atoms with E-state index in [0.717, 1.165) is 21.9 Å². The predicted octanol–water partition coefficient (Wildman–Crippen LogP) is 2.41. The van der Waals surface area contributed by atoms with E-state index in [1.54, 1.807) is 17.4 Å². The van der Waals surface area contributed by atoms with Gasteiger partial charge >= 0.3 is 0 Å². The topological polar surface area (TPSA) is 58.4 Å². The summed E-state index contributed by atoms with van der Waals surface area (Å²) >= 11 is 6.52.